The first kappa shape index (κ1) is 10.3. The molecule has 7 heteroatoms. The first-order chi connectivity index (χ1) is 6.95. The van der Waals surface area contributed by atoms with Crippen molar-refractivity contribution in [3.05, 3.63) is 0 Å². The van der Waals surface area contributed by atoms with Crippen molar-refractivity contribution < 1.29 is 34.8 Å². The fraction of sp³-hybridized carbons (Fsp3) is 0.750. The van der Waals surface area contributed by atoms with Crippen molar-refractivity contribution in [3.8, 4) is 0 Å². The summed E-state index contributed by atoms with van der Waals surface area (Å²) in [5.41, 5.74) is 0. The molecule has 84 valence electrons. The number of aliphatic hydroxyl groups excluding tert-OH is 2. The van der Waals surface area contributed by atoms with Crippen molar-refractivity contribution in [3.63, 3.8) is 0 Å². The highest BCUT2D eigenvalue weighted by Gasteiger charge is 2.64. The maximum absolute atomic E-state index is 10.8. The van der Waals surface area contributed by atoms with E-state index in [1.807, 2.05) is 0 Å². The van der Waals surface area contributed by atoms with Gasteiger partial charge in [-0.25, -0.2) is 0 Å². The maximum Gasteiger partial charge on any atom is 0.310 e. The Morgan fingerprint density at radius 2 is 1.20 bits per heavy atom. The number of hydrogen-bond acceptors (Lipinski definition) is 5. The summed E-state index contributed by atoms with van der Waals surface area (Å²) in [6.07, 6.45) is -4.93. The molecule has 2 heterocycles. The molecule has 0 aromatic heterocycles. The van der Waals surface area contributed by atoms with Crippen LogP contribution in [0.25, 0.3) is 0 Å². The monoisotopic (exact) mass is 218 g/mol. The quantitative estimate of drug-likeness (QED) is 0.418. The van der Waals surface area contributed by atoms with Crippen molar-refractivity contribution in [2.75, 3.05) is 0 Å². The minimum Gasteiger partial charge on any atom is -0.481 e. The number of aliphatic hydroxyl groups is 2. The predicted octanol–water partition coefficient (Wildman–Crippen LogP) is -2.11. The average molecular weight is 218 g/mol. The molecule has 2 fully saturated rings. The van der Waals surface area contributed by atoms with E-state index in [0.29, 0.717) is 0 Å². The Balaban J connectivity index is 2.32. The van der Waals surface area contributed by atoms with Gasteiger partial charge in [-0.3, -0.25) is 9.59 Å². The van der Waals surface area contributed by atoms with Crippen LogP contribution in [-0.2, 0) is 14.3 Å². The summed E-state index contributed by atoms with van der Waals surface area (Å²) in [6.45, 7) is 0. The molecule has 0 aromatic rings. The van der Waals surface area contributed by atoms with Crippen LogP contribution < -0.4 is 0 Å². The lowest BCUT2D eigenvalue weighted by molar-refractivity contribution is -0.158. The molecular formula is C8H10O7. The van der Waals surface area contributed by atoms with Gasteiger partial charge < -0.3 is 25.2 Å². The fourth-order valence-corrected chi connectivity index (χ4v) is 2.32. The van der Waals surface area contributed by atoms with Crippen molar-refractivity contribution in [1.29, 1.82) is 0 Å². The molecule has 2 saturated heterocycles. The minimum absolute atomic E-state index is 1.14. The van der Waals surface area contributed by atoms with Gasteiger partial charge in [0.05, 0.1) is 0 Å². The van der Waals surface area contributed by atoms with Crippen LogP contribution in [-0.4, -0.2) is 56.8 Å². The Morgan fingerprint density at radius 3 is 1.47 bits per heavy atom. The number of carboxylic acids is 2. The number of ether oxygens (including phenoxy) is 1. The summed E-state index contributed by atoms with van der Waals surface area (Å²) in [7, 11) is 0. The summed E-state index contributed by atoms with van der Waals surface area (Å²) in [5, 5.41) is 36.4. The molecule has 6 atom stereocenters. The lowest BCUT2D eigenvalue weighted by Gasteiger charge is -2.28. The second kappa shape index (κ2) is 3.16. The third-order valence-electron chi connectivity index (χ3n) is 3.00. The van der Waals surface area contributed by atoms with Crippen LogP contribution in [0.4, 0.5) is 0 Å². The van der Waals surface area contributed by atoms with Crippen LogP contribution in [0.3, 0.4) is 0 Å². The molecule has 2 aliphatic rings. The molecule has 0 aliphatic carbocycles. The smallest absolute Gasteiger partial charge is 0.310 e. The van der Waals surface area contributed by atoms with Gasteiger partial charge in [0.2, 0.25) is 0 Å². The summed E-state index contributed by atoms with van der Waals surface area (Å²) in [5.74, 6) is -5.27. The van der Waals surface area contributed by atoms with Crippen LogP contribution >= 0.6 is 0 Å². The van der Waals surface area contributed by atoms with Gasteiger partial charge in [0.15, 0.2) is 0 Å². The number of carbonyl (C=O) groups is 2. The van der Waals surface area contributed by atoms with Crippen molar-refractivity contribution >= 4 is 11.9 Å². The molecule has 2 bridgehead atoms. The molecule has 0 aromatic carbocycles. The van der Waals surface area contributed by atoms with Gasteiger partial charge in [0.1, 0.15) is 36.3 Å². The Labute approximate surface area is 83.9 Å². The molecule has 2 aliphatic heterocycles. The van der Waals surface area contributed by atoms with Crippen molar-refractivity contribution in [2.24, 2.45) is 11.8 Å². The third kappa shape index (κ3) is 1.24. The maximum atomic E-state index is 10.8. The molecule has 4 unspecified atom stereocenters. The van der Waals surface area contributed by atoms with Gasteiger partial charge in [-0.1, -0.05) is 0 Å². The molecule has 0 saturated carbocycles. The first-order valence-corrected chi connectivity index (χ1v) is 4.42. The second-order valence-corrected chi connectivity index (χ2v) is 3.77. The Hall–Kier alpha value is -1.18. The SMILES string of the molecule is O=C(O)C1C2O[C@@H](C1C(=O)O)[C@@H](O)C2O. The summed E-state index contributed by atoms with van der Waals surface area (Å²) in [6, 6.07) is 0. The van der Waals surface area contributed by atoms with Gasteiger partial charge in [0.25, 0.3) is 0 Å². The number of fused-ring (bicyclic) bond motifs is 2. The highest BCUT2D eigenvalue weighted by molar-refractivity contribution is 5.82. The zero-order chi connectivity index (χ0) is 11.3. The molecule has 0 amide bonds. The van der Waals surface area contributed by atoms with Crippen LogP contribution in [0.5, 0.6) is 0 Å². The lowest BCUT2D eigenvalue weighted by atomic mass is 9.76. The topological polar surface area (TPSA) is 124 Å². The first-order valence-electron chi connectivity index (χ1n) is 4.42. The summed E-state index contributed by atoms with van der Waals surface area (Å²) >= 11 is 0. The highest BCUT2D eigenvalue weighted by atomic mass is 16.6. The summed E-state index contributed by atoms with van der Waals surface area (Å²) in [4.78, 5) is 21.6. The van der Waals surface area contributed by atoms with Gasteiger partial charge in [0, 0.05) is 0 Å². The van der Waals surface area contributed by atoms with E-state index >= 15 is 0 Å². The van der Waals surface area contributed by atoms with E-state index in [2.05, 4.69) is 0 Å². The molecular weight excluding hydrogens is 208 g/mol. The standard InChI is InChI=1S/C8H10O7/c9-3-4(10)6-2(8(13)14)1(7(11)12)5(3)15-6/h1-6,9-10H,(H,11,12)(H,13,14)/t1?,2?,3-,4?,5-,6?/m0/s1. The largest absolute Gasteiger partial charge is 0.481 e. The normalized spacial score (nSPS) is 48.1. The van der Waals surface area contributed by atoms with Gasteiger partial charge in [-0.05, 0) is 0 Å². The Morgan fingerprint density at radius 1 is 0.867 bits per heavy atom. The van der Waals surface area contributed by atoms with E-state index in [9.17, 15) is 19.8 Å². The van der Waals surface area contributed by atoms with E-state index in [-0.39, 0.29) is 0 Å². The van der Waals surface area contributed by atoms with E-state index in [0.717, 1.165) is 0 Å². The van der Waals surface area contributed by atoms with Crippen LogP contribution in [0.1, 0.15) is 0 Å². The van der Waals surface area contributed by atoms with E-state index < -0.39 is 48.2 Å². The fourth-order valence-electron chi connectivity index (χ4n) is 2.32. The Kier molecular flexibility index (Phi) is 2.18. The average Bonchev–Trinajstić information content (AvgIpc) is 2.64. The van der Waals surface area contributed by atoms with E-state index in [1.165, 1.54) is 0 Å². The highest BCUT2D eigenvalue weighted by Crippen LogP contribution is 2.43. The van der Waals surface area contributed by atoms with E-state index in [4.69, 9.17) is 14.9 Å². The number of hydrogen-bond donors (Lipinski definition) is 4. The molecule has 15 heavy (non-hydrogen) atoms. The molecule has 0 spiro atoms. The molecule has 2 rings (SSSR count). The summed E-state index contributed by atoms with van der Waals surface area (Å²) < 4.78 is 4.98. The number of aliphatic carboxylic acids is 2. The van der Waals surface area contributed by atoms with Crippen molar-refractivity contribution in [1.82, 2.24) is 0 Å². The number of carboxylic acid groups (broad SMARTS) is 2. The van der Waals surface area contributed by atoms with E-state index in [1.54, 1.807) is 0 Å². The third-order valence-corrected chi connectivity index (χ3v) is 3.00. The van der Waals surface area contributed by atoms with Gasteiger partial charge in [-0.2, -0.15) is 0 Å². The lowest BCUT2D eigenvalue weighted by Crippen LogP contribution is -2.51. The number of rotatable bonds is 2. The van der Waals surface area contributed by atoms with Gasteiger partial charge >= 0.3 is 11.9 Å². The second-order valence-electron chi connectivity index (χ2n) is 3.77. The predicted molar refractivity (Wildman–Crippen MR) is 42.9 cm³/mol. The van der Waals surface area contributed by atoms with Gasteiger partial charge in [-0.15, -0.1) is 0 Å². The van der Waals surface area contributed by atoms with Crippen LogP contribution in [0.15, 0.2) is 0 Å². The Bertz CT molecular complexity index is 284. The van der Waals surface area contributed by atoms with Crippen LogP contribution in [0.2, 0.25) is 0 Å². The zero-order valence-electron chi connectivity index (χ0n) is 7.48. The van der Waals surface area contributed by atoms with Crippen LogP contribution in [0, 0.1) is 11.8 Å². The minimum atomic E-state index is -1.33. The molecule has 7 nitrogen and oxygen atoms in total. The molecule has 4 N–H and O–H groups in total. The molecule has 0 radical (unpaired) electrons. The van der Waals surface area contributed by atoms with Crippen molar-refractivity contribution in [2.45, 2.75) is 24.4 Å². The zero-order valence-corrected chi connectivity index (χ0v) is 7.48.